The van der Waals surface area contributed by atoms with Gasteiger partial charge in [0, 0.05) is 11.1 Å². The Hall–Kier alpha value is -4.62. The quantitative estimate of drug-likeness (QED) is 0.371. The zero-order valence-corrected chi connectivity index (χ0v) is 19.8. The summed E-state index contributed by atoms with van der Waals surface area (Å²) in [7, 11) is 0. The topological polar surface area (TPSA) is 67.6 Å². The minimum absolute atomic E-state index is 0.184. The highest BCUT2D eigenvalue weighted by molar-refractivity contribution is 7.15. The van der Waals surface area contributed by atoms with Gasteiger partial charge in [-0.2, -0.15) is 9.50 Å². The summed E-state index contributed by atoms with van der Waals surface area (Å²) < 4.78 is 1.68. The third kappa shape index (κ3) is 3.10. The van der Waals surface area contributed by atoms with E-state index < -0.39 is 0 Å². The minimum Gasteiger partial charge on any atom is -0.303 e. The van der Waals surface area contributed by atoms with E-state index in [0.29, 0.717) is 27.4 Å². The maximum atomic E-state index is 13.7. The number of amides is 1. The van der Waals surface area contributed by atoms with Crippen LogP contribution in [0.3, 0.4) is 0 Å². The predicted molar refractivity (Wildman–Crippen MR) is 142 cm³/mol. The summed E-state index contributed by atoms with van der Waals surface area (Å²) in [5.74, 6) is 0.312. The van der Waals surface area contributed by atoms with E-state index in [1.807, 2.05) is 97.1 Å². The number of nitrogens with zero attached hydrogens (tertiary/aromatic N) is 4. The number of aromatic nitrogens is 3. The first-order valence-electron chi connectivity index (χ1n) is 11.6. The van der Waals surface area contributed by atoms with Crippen LogP contribution < -0.4 is 15.0 Å². The van der Waals surface area contributed by atoms with E-state index in [0.717, 1.165) is 33.2 Å². The second-order valence-corrected chi connectivity index (χ2v) is 9.64. The van der Waals surface area contributed by atoms with Crippen molar-refractivity contribution < 1.29 is 4.79 Å². The van der Waals surface area contributed by atoms with Crippen molar-refractivity contribution >= 4 is 44.2 Å². The molecule has 0 fully saturated rings. The average molecular weight is 487 g/mol. The van der Waals surface area contributed by atoms with E-state index in [4.69, 9.17) is 0 Å². The number of anilines is 1. The lowest BCUT2D eigenvalue weighted by molar-refractivity contribution is -0.113. The number of carbonyl (C=O) groups is 1. The van der Waals surface area contributed by atoms with Gasteiger partial charge in [-0.15, -0.1) is 5.10 Å². The molecule has 6 aromatic rings. The number of benzene rings is 4. The van der Waals surface area contributed by atoms with E-state index in [-0.39, 0.29) is 11.5 Å². The van der Waals surface area contributed by atoms with Crippen LogP contribution >= 0.6 is 11.3 Å². The number of rotatable bonds is 3. The number of para-hydroxylation sites is 1. The zero-order valence-electron chi connectivity index (χ0n) is 19.0. The second-order valence-electron chi connectivity index (χ2n) is 8.66. The Balaban J connectivity index is 1.39. The lowest BCUT2D eigenvalue weighted by atomic mass is 10.0. The minimum atomic E-state index is -0.325. The molecule has 0 N–H and O–H groups in total. The summed E-state index contributed by atoms with van der Waals surface area (Å²) >= 11 is 1.21. The van der Waals surface area contributed by atoms with Gasteiger partial charge >= 0.3 is 0 Å². The van der Waals surface area contributed by atoms with Crippen LogP contribution in [0.25, 0.3) is 32.7 Å². The van der Waals surface area contributed by atoms with Gasteiger partial charge in [-0.3, -0.25) is 9.59 Å². The SMILES string of the molecule is O=C1/C(=c2\sc3nc(-c4cccc5ccccc45)nn3c2=O)c2ccccc2N1Cc1ccccc1. The van der Waals surface area contributed by atoms with Crippen molar-refractivity contribution in [3.8, 4) is 11.4 Å². The Morgan fingerprint density at radius 1 is 0.750 bits per heavy atom. The fourth-order valence-corrected chi connectivity index (χ4v) is 5.84. The summed E-state index contributed by atoms with van der Waals surface area (Å²) in [4.78, 5) is 34.1. The molecule has 1 aliphatic heterocycles. The van der Waals surface area contributed by atoms with E-state index in [1.54, 1.807) is 4.90 Å². The van der Waals surface area contributed by atoms with Crippen molar-refractivity contribution in [3.05, 3.63) is 123 Å². The van der Waals surface area contributed by atoms with Crippen molar-refractivity contribution in [2.75, 3.05) is 4.90 Å². The molecule has 7 heteroatoms. The van der Waals surface area contributed by atoms with Gasteiger partial charge in [-0.05, 0) is 22.4 Å². The van der Waals surface area contributed by atoms with E-state index in [9.17, 15) is 9.59 Å². The van der Waals surface area contributed by atoms with Gasteiger partial charge < -0.3 is 4.90 Å². The molecule has 4 aromatic carbocycles. The van der Waals surface area contributed by atoms with Crippen LogP contribution in [0.4, 0.5) is 5.69 Å². The molecule has 0 bridgehead atoms. The largest absolute Gasteiger partial charge is 0.303 e. The molecule has 6 nitrogen and oxygen atoms in total. The fraction of sp³-hybridized carbons (Fsp3) is 0.0345. The summed E-state index contributed by atoms with van der Waals surface area (Å²) in [6.07, 6.45) is 0. The first-order chi connectivity index (χ1) is 17.7. The molecule has 1 amide bonds. The van der Waals surface area contributed by atoms with Crippen molar-refractivity contribution in [1.29, 1.82) is 0 Å². The summed E-state index contributed by atoms with van der Waals surface area (Å²) in [6.45, 7) is 0.431. The van der Waals surface area contributed by atoms with E-state index in [1.165, 1.54) is 15.9 Å². The molecule has 172 valence electrons. The third-order valence-corrected chi connectivity index (χ3v) is 7.55. The second kappa shape index (κ2) is 7.96. The van der Waals surface area contributed by atoms with Gasteiger partial charge in [0.25, 0.3) is 11.5 Å². The zero-order chi connectivity index (χ0) is 24.2. The van der Waals surface area contributed by atoms with Crippen LogP contribution in [-0.2, 0) is 11.3 Å². The smallest absolute Gasteiger partial charge is 0.291 e. The Labute approximate surface area is 209 Å². The Morgan fingerprint density at radius 3 is 2.33 bits per heavy atom. The Kier molecular flexibility index (Phi) is 4.59. The van der Waals surface area contributed by atoms with Crippen molar-refractivity contribution in [2.45, 2.75) is 6.54 Å². The number of thiazole rings is 1. The number of hydrogen-bond donors (Lipinski definition) is 0. The van der Waals surface area contributed by atoms with Gasteiger partial charge in [0.05, 0.1) is 17.8 Å². The molecular formula is C29H18N4O2S. The maximum Gasteiger partial charge on any atom is 0.291 e. The van der Waals surface area contributed by atoms with Crippen LogP contribution in [0, 0.1) is 0 Å². The molecule has 36 heavy (non-hydrogen) atoms. The fourth-order valence-electron chi connectivity index (χ4n) is 4.84. The molecule has 0 aliphatic carbocycles. The average Bonchev–Trinajstić information content (AvgIpc) is 3.55. The highest BCUT2D eigenvalue weighted by Gasteiger charge is 2.34. The Morgan fingerprint density at radius 2 is 1.47 bits per heavy atom. The van der Waals surface area contributed by atoms with Crippen LogP contribution in [-0.4, -0.2) is 20.5 Å². The van der Waals surface area contributed by atoms with E-state index >= 15 is 0 Å². The number of fused-ring (bicyclic) bond motifs is 3. The van der Waals surface area contributed by atoms with Crippen LogP contribution in [0.2, 0.25) is 0 Å². The number of hydrogen-bond acceptors (Lipinski definition) is 5. The van der Waals surface area contributed by atoms with Gasteiger partial charge in [0.2, 0.25) is 4.96 Å². The number of carbonyl (C=O) groups excluding carboxylic acids is 1. The van der Waals surface area contributed by atoms with Gasteiger partial charge in [0.1, 0.15) is 4.53 Å². The maximum absolute atomic E-state index is 13.7. The normalized spacial score (nSPS) is 14.7. The lowest BCUT2D eigenvalue weighted by Crippen LogP contribution is -2.32. The Bertz CT molecular complexity index is 1920. The van der Waals surface area contributed by atoms with Crippen LogP contribution in [0.1, 0.15) is 11.1 Å². The summed E-state index contributed by atoms with van der Waals surface area (Å²) in [5.41, 5.74) is 3.54. The molecule has 0 unspecified atom stereocenters. The van der Waals surface area contributed by atoms with Crippen molar-refractivity contribution in [2.24, 2.45) is 0 Å². The summed E-state index contributed by atoms with van der Waals surface area (Å²) in [5, 5.41) is 6.66. The van der Waals surface area contributed by atoms with Crippen molar-refractivity contribution in [3.63, 3.8) is 0 Å². The molecule has 0 spiro atoms. The van der Waals surface area contributed by atoms with Crippen LogP contribution in [0.5, 0.6) is 0 Å². The summed E-state index contributed by atoms with van der Waals surface area (Å²) in [6, 6.07) is 31.4. The van der Waals surface area contributed by atoms with Gasteiger partial charge in [-0.1, -0.05) is 102 Å². The molecule has 0 saturated carbocycles. The monoisotopic (exact) mass is 486 g/mol. The molecular weight excluding hydrogens is 468 g/mol. The molecule has 3 heterocycles. The highest BCUT2D eigenvalue weighted by Crippen LogP contribution is 2.36. The van der Waals surface area contributed by atoms with Crippen molar-refractivity contribution in [1.82, 2.24) is 14.6 Å². The first kappa shape index (κ1) is 20.7. The molecule has 0 atom stereocenters. The first-order valence-corrected chi connectivity index (χ1v) is 12.4. The molecule has 0 saturated heterocycles. The highest BCUT2D eigenvalue weighted by atomic mass is 32.1. The standard InChI is InChI=1S/C29H18N4O2S/c34-27-24(22-14-6-7-16-23(22)32(27)17-18-9-2-1-3-10-18)25-28(35)33-29(36-25)30-26(31-33)21-15-8-12-19-11-4-5-13-20(19)21/h1-16H,17H2/b25-24-. The molecule has 0 radical (unpaired) electrons. The third-order valence-electron chi connectivity index (χ3n) is 6.52. The lowest BCUT2D eigenvalue weighted by Gasteiger charge is -2.17. The predicted octanol–water partition coefficient (Wildman–Crippen LogP) is 4.44. The van der Waals surface area contributed by atoms with Gasteiger partial charge in [-0.25, -0.2) is 0 Å². The van der Waals surface area contributed by atoms with Gasteiger partial charge in [0.15, 0.2) is 5.82 Å². The van der Waals surface area contributed by atoms with E-state index in [2.05, 4.69) is 10.1 Å². The molecule has 1 aliphatic rings. The molecule has 7 rings (SSSR count). The molecule has 2 aromatic heterocycles. The van der Waals surface area contributed by atoms with Crippen LogP contribution in [0.15, 0.2) is 102 Å².